The Bertz CT molecular complexity index is 1020. The zero-order valence-corrected chi connectivity index (χ0v) is 20.2. The van der Waals surface area contributed by atoms with Crippen molar-refractivity contribution in [2.75, 3.05) is 19.7 Å². The van der Waals surface area contributed by atoms with Crippen molar-refractivity contribution in [1.29, 1.82) is 0 Å². The number of aliphatic carboxylic acids is 1. The summed E-state index contributed by atoms with van der Waals surface area (Å²) in [7, 11) is 0. The number of carbonyl (C=O) groups is 3. The van der Waals surface area contributed by atoms with E-state index in [1.54, 1.807) is 0 Å². The second-order valence-corrected chi connectivity index (χ2v) is 9.79. The van der Waals surface area contributed by atoms with Crippen LogP contribution in [0.5, 0.6) is 0 Å². The van der Waals surface area contributed by atoms with Gasteiger partial charge in [0.2, 0.25) is 5.91 Å². The van der Waals surface area contributed by atoms with Crippen molar-refractivity contribution in [3.05, 3.63) is 59.7 Å². The molecule has 0 saturated heterocycles. The Labute approximate surface area is 206 Å². The van der Waals surface area contributed by atoms with E-state index in [0.29, 0.717) is 38.0 Å². The molecule has 7 nitrogen and oxygen atoms in total. The number of carbonyl (C=O) groups excluding carboxylic acids is 2. The molecule has 0 bridgehead atoms. The lowest BCUT2D eigenvalue weighted by Gasteiger charge is -2.35. The Hall–Kier alpha value is -3.35. The number of carboxylic acid groups (broad SMARTS) is 1. The molecule has 4 rings (SSSR count). The Balaban J connectivity index is 1.14. The van der Waals surface area contributed by atoms with Crippen LogP contribution in [0.3, 0.4) is 0 Å². The molecule has 0 heterocycles. The molecule has 3 N–H and O–H groups in total. The zero-order chi connectivity index (χ0) is 24.8. The van der Waals surface area contributed by atoms with Gasteiger partial charge < -0.3 is 20.5 Å². The molecule has 2 aliphatic rings. The van der Waals surface area contributed by atoms with E-state index < -0.39 is 12.1 Å². The molecule has 1 saturated carbocycles. The molecule has 186 valence electrons. The molecule has 2 aliphatic carbocycles. The molecule has 2 aromatic carbocycles. The van der Waals surface area contributed by atoms with Crippen LogP contribution in [-0.4, -0.2) is 42.8 Å². The highest BCUT2D eigenvalue weighted by molar-refractivity contribution is 5.79. The lowest BCUT2D eigenvalue weighted by atomic mass is 9.73. The van der Waals surface area contributed by atoms with Gasteiger partial charge >= 0.3 is 12.1 Å². The van der Waals surface area contributed by atoms with Crippen molar-refractivity contribution in [2.24, 2.45) is 17.8 Å². The average Bonchev–Trinajstić information content (AvgIpc) is 3.15. The fraction of sp³-hybridized carbons (Fsp3) is 0.464. The van der Waals surface area contributed by atoms with Gasteiger partial charge in [-0.25, -0.2) is 4.79 Å². The number of hydrogen-bond donors (Lipinski definition) is 3. The number of rotatable bonds is 11. The van der Waals surface area contributed by atoms with Crippen molar-refractivity contribution in [1.82, 2.24) is 10.6 Å². The smallest absolute Gasteiger partial charge is 0.407 e. The minimum Gasteiger partial charge on any atom is -0.481 e. The van der Waals surface area contributed by atoms with Crippen LogP contribution >= 0.6 is 0 Å². The van der Waals surface area contributed by atoms with Crippen LogP contribution in [0.1, 0.15) is 56.1 Å². The molecule has 0 aromatic heterocycles. The third kappa shape index (κ3) is 6.21. The highest BCUT2D eigenvalue weighted by atomic mass is 16.5. The van der Waals surface area contributed by atoms with Gasteiger partial charge in [-0.1, -0.05) is 61.9 Å². The maximum absolute atomic E-state index is 12.3. The Morgan fingerprint density at radius 2 is 1.60 bits per heavy atom. The van der Waals surface area contributed by atoms with Gasteiger partial charge in [-0.15, -0.1) is 0 Å². The molecule has 0 radical (unpaired) electrons. The highest BCUT2D eigenvalue weighted by Gasteiger charge is 2.32. The summed E-state index contributed by atoms with van der Waals surface area (Å²) >= 11 is 0. The fourth-order valence-electron chi connectivity index (χ4n) is 5.28. The predicted molar refractivity (Wildman–Crippen MR) is 133 cm³/mol. The lowest BCUT2D eigenvalue weighted by molar-refractivity contribution is -0.138. The zero-order valence-electron chi connectivity index (χ0n) is 20.2. The van der Waals surface area contributed by atoms with Crippen molar-refractivity contribution in [2.45, 2.75) is 44.9 Å². The first-order valence-electron chi connectivity index (χ1n) is 12.5. The molecule has 1 fully saturated rings. The number of ether oxygens (including phenoxy) is 1. The summed E-state index contributed by atoms with van der Waals surface area (Å²) in [5, 5.41) is 14.7. The van der Waals surface area contributed by atoms with E-state index in [0.717, 1.165) is 19.3 Å². The number of amides is 2. The van der Waals surface area contributed by atoms with E-state index in [4.69, 9.17) is 9.84 Å². The van der Waals surface area contributed by atoms with Gasteiger partial charge in [-0.2, -0.15) is 0 Å². The summed E-state index contributed by atoms with van der Waals surface area (Å²) in [6, 6.07) is 16.5. The number of nitrogens with one attached hydrogen (secondary N) is 2. The van der Waals surface area contributed by atoms with Gasteiger partial charge in [0, 0.05) is 31.8 Å². The molecule has 2 amide bonds. The molecule has 35 heavy (non-hydrogen) atoms. The van der Waals surface area contributed by atoms with Gasteiger partial charge in [-0.05, 0) is 52.8 Å². The molecule has 1 unspecified atom stereocenters. The predicted octanol–water partition coefficient (Wildman–Crippen LogP) is 4.56. The van der Waals surface area contributed by atoms with Gasteiger partial charge in [0.05, 0.1) is 0 Å². The minimum atomic E-state index is -0.836. The minimum absolute atomic E-state index is 0.0261. The standard InChI is InChI=1S/C28H34N2O5/c1-2-18(14-27(32)33)15-29-26(31)13-19-11-20(12-19)16-30-28(34)35-17-25-23-9-5-3-7-21(23)22-8-4-6-10-24(22)25/h3-10,18-20,25H,2,11-17H2,1H3,(H,29,31)(H,30,34)(H,32,33). The number of carboxylic acids is 1. The third-order valence-electron chi connectivity index (χ3n) is 7.31. The van der Waals surface area contributed by atoms with Crippen LogP contribution in [0.15, 0.2) is 48.5 Å². The topological polar surface area (TPSA) is 105 Å². The lowest BCUT2D eigenvalue weighted by Crippen LogP contribution is -2.39. The van der Waals surface area contributed by atoms with Crippen LogP contribution in [0.2, 0.25) is 0 Å². The van der Waals surface area contributed by atoms with E-state index in [1.165, 1.54) is 22.3 Å². The van der Waals surface area contributed by atoms with Crippen molar-refractivity contribution in [3.8, 4) is 11.1 Å². The first-order valence-corrected chi connectivity index (χ1v) is 12.5. The molecular formula is C28H34N2O5. The van der Waals surface area contributed by atoms with Crippen molar-refractivity contribution < 1.29 is 24.2 Å². The maximum Gasteiger partial charge on any atom is 0.407 e. The van der Waals surface area contributed by atoms with E-state index >= 15 is 0 Å². The highest BCUT2D eigenvalue weighted by Crippen LogP contribution is 2.44. The Kier molecular flexibility index (Phi) is 8.06. The third-order valence-corrected chi connectivity index (χ3v) is 7.31. The number of benzene rings is 2. The number of alkyl carbamates (subject to hydrolysis) is 1. The van der Waals surface area contributed by atoms with Crippen LogP contribution < -0.4 is 10.6 Å². The van der Waals surface area contributed by atoms with Crippen molar-refractivity contribution in [3.63, 3.8) is 0 Å². The summed E-state index contributed by atoms with van der Waals surface area (Å²) in [6.45, 7) is 3.18. The quantitative estimate of drug-likeness (QED) is 0.439. The van der Waals surface area contributed by atoms with E-state index in [9.17, 15) is 14.4 Å². The monoisotopic (exact) mass is 478 g/mol. The molecule has 1 atom stereocenters. The summed E-state index contributed by atoms with van der Waals surface area (Å²) in [6.07, 6.45) is 2.62. The van der Waals surface area contributed by atoms with Gasteiger partial charge in [0.1, 0.15) is 6.61 Å². The SMILES string of the molecule is CCC(CNC(=O)CC1CC(CNC(=O)OCC2c3ccccc3-c3ccccc32)C1)CC(=O)O. The Morgan fingerprint density at radius 1 is 0.971 bits per heavy atom. The molecule has 0 aliphatic heterocycles. The van der Waals surface area contributed by atoms with E-state index in [1.807, 2.05) is 31.2 Å². The Morgan fingerprint density at radius 3 is 2.20 bits per heavy atom. The second kappa shape index (κ2) is 11.4. The first-order chi connectivity index (χ1) is 16.9. The fourth-order valence-corrected chi connectivity index (χ4v) is 5.28. The van der Waals surface area contributed by atoms with Crippen LogP contribution in [-0.2, 0) is 14.3 Å². The summed E-state index contributed by atoms with van der Waals surface area (Å²) in [5.74, 6) is -0.194. The van der Waals surface area contributed by atoms with Crippen LogP contribution in [0.4, 0.5) is 4.79 Å². The number of hydrogen-bond acceptors (Lipinski definition) is 4. The molecule has 2 aromatic rings. The van der Waals surface area contributed by atoms with Gasteiger partial charge in [-0.3, -0.25) is 9.59 Å². The summed E-state index contributed by atoms with van der Waals surface area (Å²) in [4.78, 5) is 35.4. The summed E-state index contributed by atoms with van der Waals surface area (Å²) < 4.78 is 5.59. The van der Waals surface area contributed by atoms with Crippen LogP contribution in [0, 0.1) is 17.8 Å². The first kappa shape index (κ1) is 24.8. The van der Waals surface area contributed by atoms with E-state index in [-0.39, 0.29) is 24.2 Å². The van der Waals surface area contributed by atoms with Gasteiger partial charge in [0.25, 0.3) is 0 Å². The average molecular weight is 479 g/mol. The maximum atomic E-state index is 12.3. The summed E-state index contributed by atoms with van der Waals surface area (Å²) in [5.41, 5.74) is 4.78. The number of fused-ring (bicyclic) bond motifs is 3. The van der Waals surface area contributed by atoms with Crippen LogP contribution in [0.25, 0.3) is 11.1 Å². The molecular weight excluding hydrogens is 444 g/mol. The van der Waals surface area contributed by atoms with Gasteiger partial charge in [0.15, 0.2) is 0 Å². The second-order valence-electron chi connectivity index (χ2n) is 9.79. The largest absolute Gasteiger partial charge is 0.481 e. The van der Waals surface area contributed by atoms with E-state index in [2.05, 4.69) is 34.9 Å². The molecule has 0 spiro atoms. The normalized spacial score (nSPS) is 19.1. The molecule has 7 heteroatoms. The van der Waals surface area contributed by atoms with Crippen molar-refractivity contribution >= 4 is 18.0 Å².